The average molecular weight is 1930 g/mol. The predicted molar refractivity (Wildman–Crippen MR) is 515 cm³/mol. The number of nitrogens with one attached hydrogen (secondary N) is 5. The molecule has 0 unspecified atom stereocenters. The Labute approximate surface area is 790 Å². The van der Waals surface area contributed by atoms with Crippen LogP contribution in [0.15, 0.2) is 213 Å². The number of carboxylic acids is 1. The standard InChI is InChI=1S/C28H28ClFN6O3.C20H22N4O3.C16H18BrNO3.C16H14N4O3.C13H17ClFNO.C4H5N3/c1-17(2)36(14-26(38)33-10-19-5-4-6-24(29)28(19)30)27(39)15-35-13-23(18(3)37)22-9-20(7-8-25(22)35)34-21-11-31-16-32-12-21;1-13(25)17-10-24(11-19(26)27-20(2,3)4)18-6-5-14(7-16(17)18)23-15-8-21-12-22-9-15;1-10(19)13-8-18(9-15(20)21-16(2,3)4)14-6-5-11(17)7-12(13)14;1-10(21)14-7-20(8-16(22)23)15-3-2-11(4-13(14)15)19-12-5-17-9-18-6-12;1-9(2)6-7-12(17)16-8-10-4-3-5-11(14)13(10)15;5-4-1-6-3-7-2-4/h4-9,11-13,16-17,34H,10,14-15H2,1-3H3,(H,33,38);5-10,12,23H,11H2,1-4H3;5-8H,9H2,1-4H3;2-7,9,19H,8H2,1H3,(H,22,23);3-5,9H,6-8H2,1-2H3,(H,16,17);1-3H,5H2. The zero-order chi connectivity index (χ0) is 97.8. The number of carbonyl (C=O) groups excluding carboxylic acids is 9. The van der Waals surface area contributed by atoms with E-state index in [9.17, 15) is 56.7 Å². The van der Waals surface area contributed by atoms with E-state index in [2.05, 4.69) is 96.2 Å². The number of rotatable bonds is 28. The molecule has 0 fully saturated rings. The number of ether oxygens (including phenoxy) is 2. The second-order valence-corrected chi connectivity index (χ2v) is 35.0. The molecule has 0 bridgehead atoms. The number of halogens is 5. The topological polar surface area (TPSA) is 422 Å². The molecule has 8 heterocycles. The zero-order valence-electron chi connectivity index (χ0n) is 76.3. The third-order valence-corrected chi connectivity index (χ3v) is 20.5. The van der Waals surface area contributed by atoms with E-state index in [4.69, 9.17) is 43.5 Å². The molecule has 0 atom stereocenters. The summed E-state index contributed by atoms with van der Waals surface area (Å²) < 4.78 is 46.0. The number of Topliss-reactive ketones (excluding diaryl/α,β-unsaturated/α-hetero) is 4. The monoisotopic (exact) mass is 1930 g/mol. The lowest BCUT2D eigenvalue weighted by atomic mass is 10.1. The maximum Gasteiger partial charge on any atom is 0.326 e. The smallest absolute Gasteiger partial charge is 0.326 e. The molecule has 32 nitrogen and oxygen atoms in total. The van der Waals surface area contributed by atoms with Crippen LogP contribution in [0.4, 0.5) is 48.6 Å². The number of nitrogens with two attached hydrogens (primary N) is 1. The first kappa shape index (κ1) is 103. The van der Waals surface area contributed by atoms with Crippen LogP contribution in [0.3, 0.4) is 0 Å². The first-order valence-corrected chi connectivity index (χ1v) is 43.6. The molecular formula is C97H104BrCl2F2N19O13. The van der Waals surface area contributed by atoms with Crippen LogP contribution < -0.4 is 32.3 Å². The molecule has 0 aliphatic heterocycles. The van der Waals surface area contributed by atoms with Crippen LogP contribution in [0.5, 0.6) is 0 Å². The SMILES string of the molecule is CC(=O)c1cn(CC(=O)N(CC(=O)NCc2cccc(Cl)c2F)C(C)C)c2ccc(Nc3cncnc3)cc12.CC(=O)c1cn(CC(=O)O)c2ccc(Nc3cncnc3)cc12.CC(=O)c1cn(CC(=O)OC(C)(C)C)c2ccc(Br)cc12.CC(=O)c1cn(CC(=O)OC(C)(C)C)c2ccc(Nc3cncnc3)cc12.CC(C)CCC(=O)NCc1cccc(Cl)c1F.Nc1cncnc1. The lowest BCUT2D eigenvalue weighted by Gasteiger charge is -2.26. The number of esters is 2. The quantitative estimate of drug-likeness (QED) is 0.0177. The summed E-state index contributed by atoms with van der Waals surface area (Å²) in [6.07, 6.45) is 26.7. The summed E-state index contributed by atoms with van der Waals surface area (Å²) in [5.74, 6) is -3.32. The molecule has 0 aliphatic rings. The van der Waals surface area contributed by atoms with Gasteiger partial charge in [0.15, 0.2) is 23.1 Å². The lowest BCUT2D eigenvalue weighted by Crippen LogP contribution is -2.45. The third kappa shape index (κ3) is 31.0. The van der Waals surface area contributed by atoms with Crippen LogP contribution in [0.2, 0.25) is 10.0 Å². The Bertz CT molecular complexity index is 6530. The minimum Gasteiger partial charge on any atom is -0.480 e. The molecule has 0 saturated carbocycles. The minimum absolute atomic E-state index is 0.0263. The van der Waals surface area contributed by atoms with Crippen LogP contribution in [-0.2, 0) is 77.5 Å². The van der Waals surface area contributed by atoms with Gasteiger partial charge in [0.05, 0.1) is 88.9 Å². The largest absolute Gasteiger partial charge is 0.480 e. The summed E-state index contributed by atoms with van der Waals surface area (Å²) in [5, 5.41) is 26.9. The Kier molecular flexibility index (Phi) is 37.0. The third-order valence-electron chi connectivity index (χ3n) is 19.4. The minimum atomic E-state index is -0.958. The van der Waals surface area contributed by atoms with Gasteiger partial charge in [0.1, 0.15) is 74.3 Å². The van der Waals surface area contributed by atoms with E-state index in [1.165, 1.54) is 76.1 Å². The Morgan fingerprint density at radius 1 is 0.455 bits per heavy atom. The number of fused-ring (bicyclic) bond motifs is 4. The Balaban J connectivity index is 0.000000189. The fourth-order valence-corrected chi connectivity index (χ4v) is 14.1. The number of ketones is 4. The predicted octanol–water partition coefficient (Wildman–Crippen LogP) is 18.4. The maximum atomic E-state index is 14.1. The van der Waals surface area contributed by atoms with E-state index >= 15 is 0 Å². The number of amides is 3. The molecule has 700 valence electrons. The van der Waals surface area contributed by atoms with E-state index in [0.717, 1.165) is 61.1 Å². The van der Waals surface area contributed by atoms with Crippen molar-refractivity contribution in [2.45, 2.75) is 166 Å². The molecule has 6 aromatic carbocycles. The van der Waals surface area contributed by atoms with Crippen LogP contribution in [-0.4, -0.2) is 151 Å². The van der Waals surface area contributed by atoms with Crippen molar-refractivity contribution in [3.63, 3.8) is 0 Å². The Hall–Kier alpha value is -14.6. The molecule has 134 heavy (non-hydrogen) atoms. The first-order chi connectivity index (χ1) is 63.5. The summed E-state index contributed by atoms with van der Waals surface area (Å²) >= 11 is 14.9. The Morgan fingerprint density at radius 3 is 1.10 bits per heavy atom. The second kappa shape index (κ2) is 48.0. The molecule has 8 aromatic heterocycles. The zero-order valence-corrected chi connectivity index (χ0v) is 79.4. The van der Waals surface area contributed by atoms with E-state index in [0.29, 0.717) is 73.3 Å². The summed E-state index contributed by atoms with van der Waals surface area (Å²) in [7, 11) is 0. The summed E-state index contributed by atoms with van der Waals surface area (Å²) in [4.78, 5) is 153. The number of anilines is 7. The van der Waals surface area contributed by atoms with E-state index in [1.807, 2.05) is 122 Å². The van der Waals surface area contributed by atoms with E-state index < -0.39 is 34.7 Å². The van der Waals surface area contributed by atoms with E-state index in [1.54, 1.807) is 117 Å². The number of carbonyl (C=O) groups is 10. The molecule has 14 aromatic rings. The first-order valence-electron chi connectivity index (χ1n) is 42.1. The van der Waals surface area contributed by atoms with Gasteiger partial charge in [0.25, 0.3) is 0 Å². The van der Waals surface area contributed by atoms with Crippen molar-refractivity contribution >= 4 is 181 Å². The highest BCUT2D eigenvalue weighted by molar-refractivity contribution is 9.10. The van der Waals surface area contributed by atoms with Crippen LogP contribution in [0.25, 0.3) is 43.6 Å². The van der Waals surface area contributed by atoms with Gasteiger partial charge < -0.3 is 70.1 Å². The molecule has 0 radical (unpaired) electrons. The number of aromatic nitrogens is 12. The number of nitrogen functional groups attached to an aromatic ring is 1. The molecule has 0 spiro atoms. The summed E-state index contributed by atoms with van der Waals surface area (Å²) in [6, 6.07) is 31.3. The Morgan fingerprint density at radius 2 is 0.784 bits per heavy atom. The summed E-state index contributed by atoms with van der Waals surface area (Å²) in [6.45, 7) is 24.5. The van der Waals surface area contributed by atoms with Gasteiger partial charge in [-0.3, -0.25) is 47.9 Å². The van der Waals surface area contributed by atoms with Gasteiger partial charge in [-0.15, -0.1) is 0 Å². The van der Waals surface area contributed by atoms with Crippen LogP contribution in [0.1, 0.15) is 162 Å². The lowest BCUT2D eigenvalue weighted by molar-refractivity contribution is -0.156. The number of hydrogen-bond donors (Lipinski definition) is 7. The number of hydrogen-bond acceptors (Lipinski definition) is 24. The molecule has 37 heteroatoms. The van der Waals surface area contributed by atoms with Gasteiger partial charge in [0, 0.05) is 149 Å². The van der Waals surface area contributed by atoms with Crippen molar-refractivity contribution in [1.82, 2.24) is 73.7 Å². The van der Waals surface area contributed by atoms with Crippen molar-refractivity contribution in [3.05, 3.63) is 268 Å². The molecular weight excluding hydrogens is 1830 g/mol. The molecule has 8 N–H and O–H groups in total. The van der Waals surface area contributed by atoms with Crippen LogP contribution in [0, 0.1) is 17.6 Å². The van der Waals surface area contributed by atoms with E-state index in [-0.39, 0.29) is 114 Å². The molecule has 0 saturated heterocycles. The van der Waals surface area contributed by atoms with Gasteiger partial charge in [-0.25, -0.2) is 48.7 Å². The fraction of sp³-hybridized carbons (Fsp3) is 0.278. The van der Waals surface area contributed by atoms with Crippen molar-refractivity contribution < 1.29 is 71.3 Å². The second-order valence-electron chi connectivity index (χ2n) is 33.3. The number of aliphatic carboxylic acids is 1. The van der Waals surface area contributed by atoms with Gasteiger partial charge in [-0.1, -0.05) is 77.2 Å². The van der Waals surface area contributed by atoms with Crippen molar-refractivity contribution in [1.29, 1.82) is 0 Å². The molecule has 0 aliphatic carbocycles. The number of carboxylic acid groups (broad SMARTS) is 1. The van der Waals surface area contributed by atoms with Crippen LogP contribution >= 0.6 is 39.1 Å². The number of nitrogens with zero attached hydrogens (tertiary/aromatic N) is 13. The van der Waals surface area contributed by atoms with Gasteiger partial charge in [-0.05, 0) is 180 Å². The summed E-state index contributed by atoms with van der Waals surface area (Å²) in [5.41, 5.74) is 15.1. The van der Waals surface area contributed by atoms with Gasteiger partial charge >= 0.3 is 17.9 Å². The fourth-order valence-electron chi connectivity index (χ4n) is 13.4. The maximum absolute atomic E-state index is 14.1. The van der Waals surface area contributed by atoms with Crippen molar-refractivity contribution in [2.75, 3.05) is 28.2 Å². The van der Waals surface area contributed by atoms with Gasteiger partial charge in [0.2, 0.25) is 17.7 Å². The van der Waals surface area contributed by atoms with Gasteiger partial charge in [-0.2, -0.15) is 0 Å². The highest BCUT2D eigenvalue weighted by Crippen LogP contribution is 2.33. The normalized spacial score (nSPS) is 11.0. The van der Waals surface area contributed by atoms with Crippen molar-refractivity contribution in [2.24, 2.45) is 5.92 Å². The molecule has 14 rings (SSSR count). The molecule has 3 amide bonds. The van der Waals surface area contributed by atoms with Crippen molar-refractivity contribution in [3.8, 4) is 0 Å². The average Bonchev–Trinajstić information content (AvgIpc) is 1.66. The highest BCUT2D eigenvalue weighted by atomic mass is 79.9. The number of benzene rings is 6. The highest BCUT2D eigenvalue weighted by Gasteiger charge is 2.26.